The van der Waals surface area contributed by atoms with Crippen molar-refractivity contribution in [2.75, 3.05) is 24.6 Å². The van der Waals surface area contributed by atoms with Gasteiger partial charge < -0.3 is 25.8 Å². The molecule has 238 valence electrons. The van der Waals surface area contributed by atoms with Gasteiger partial charge in [-0.25, -0.2) is 4.79 Å². The lowest BCUT2D eigenvalue weighted by Crippen LogP contribution is -2.56. The van der Waals surface area contributed by atoms with Crippen LogP contribution < -0.4 is 16.0 Å². The third kappa shape index (κ3) is 9.87. The van der Waals surface area contributed by atoms with Crippen molar-refractivity contribution in [1.29, 1.82) is 0 Å². The molecular formula is C30H44N4O7S2. The summed E-state index contributed by atoms with van der Waals surface area (Å²) in [6, 6.07) is 6.09. The molecule has 0 aliphatic carbocycles. The molecule has 0 radical (unpaired) electrons. The molecule has 1 spiro atoms. The van der Waals surface area contributed by atoms with Crippen LogP contribution in [0.1, 0.15) is 71.9 Å². The second kappa shape index (κ2) is 15.3. The Labute approximate surface area is 262 Å². The van der Waals surface area contributed by atoms with Gasteiger partial charge in [0.05, 0.1) is 16.7 Å². The summed E-state index contributed by atoms with van der Waals surface area (Å²) in [6.07, 6.45) is 0.113. The van der Waals surface area contributed by atoms with Crippen LogP contribution >= 0.6 is 23.5 Å². The average molecular weight is 637 g/mol. The number of carbonyl (C=O) groups excluding carboxylic acids is 5. The Bertz CT molecular complexity index is 1150. The standard InChI is InChI=1S/C30H44N4O7S2/c1-6-11-21(25(37)27(39)31-17-23(36)33-24(19(2)35)20-12-8-7-9-13-20)32-26(38)22-16-30(42-14-10-15-43-30)18-34(22)28(40)41-29(3,4)5/h7-9,12-13,21-22,24-25,37H,6,10-11,14-18H2,1-5H3,(H,31,39)(H,32,38)(H,33,36)/t21?,22-,24+,25?/m0/s1. The molecule has 2 heterocycles. The zero-order chi connectivity index (χ0) is 31.8. The smallest absolute Gasteiger partial charge is 0.411 e. The molecule has 0 saturated carbocycles. The van der Waals surface area contributed by atoms with Crippen LogP contribution in [0, 0.1) is 0 Å². The normalized spacial score (nSPS) is 20.0. The number of aliphatic hydroxyl groups excluding tert-OH is 1. The molecule has 4 atom stereocenters. The lowest BCUT2D eigenvalue weighted by atomic mass is 10.0. The monoisotopic (exact) mass is 636 g/mol. The zero-order valence-electron chi connectivity index (χ0n) is 25.5. The summed E-state index contributed by atoms with van der Waals surface area (Å²) in [5.74, 6) is -0.300. The van der Waals surface area contributed by atoms with E-state index in [-0.39, 0.29) is 9.86 Å². The number of Topliss-reactive ketones (excluding diaryl/α,β-unsaturated/α-hetero) is 1. The number of benzene rings is 1. The summed E-state index contributed by atoms with van der Waals surface area (Å²) in [6.45, 7) is 8.41. The van der Waals surface area contributed by atoms with Crippen molar-refractivity contribution in [2.24, 2.45) is 0 Å². The van der Waals surface area contributed by atoms with Gasteiger partial charge in [0.2, 0.25) is 11.8 Å². The van der Waals surface area contributed by atoms with Crippen LogP contribution in [0.3, 0.4) is 0 Å². The van der Waals surface area contributed by atoms with E-state index in [9.17, 15) is 29.1 Å². The van der Waals surface area contributed by atoms with Crippen molar-refractivity contribution in [2.45, 2.75) is 94.2 Å². The Morgan fingerprint density at radius 2 is 1.74 bits per heavy atom. The first-order valence-electron chi connectivity index (χ1n) is 14.6. The van der Waals surface area contributed by atoms with Gasteiger partial charge in [-0.2, -0.15) is 0 Å². The molecule has 0 aromatic heterocycles. The van der Waals surface area contributed by atoms with E-state index in [4.69, 9.17) is 4.74 Å². The molecule has 4 N–H and O–H groups in total. The predicted octanol–water partition coefficient (Wildman–Crippen LogP) is 2.77. The van der Waals surface area contributed by atoms with E-state index in [1.54, 1.807) is 74.6 Å². The van der Waals surface area contributed by atoms with Crippen molar-refractivity contribution < 1.29 is 33.8 Å². The first kappa shape index (κ1) is 34.7. The molecule has 43 heavy (non-hydrogen) atoms. The molecule has 2 unspecified atom stereocenters. The summed E-state index contributed by atoms with van der Waals surface area (Å²) in [5, 5.41) is 18.7. The summed E-state index contributed by atoms with van der Waals surface area (Å²) >= 11 is 3.50. The van der Waals surface area contributed by atoms with Crippen molar-refractivity contribution in [1.82, 2.24) is 20.9 Å². The number of rotatable bonds is 11. The van der Waals surface area contributed by atoms with Gasteiger partial charge in [-0.1, -0.05) is 43.7 Å². The molecule has 1 aromatic rings. The minimum absolute atomic E-state index is 0.268. The number of ether oxygens (including phenoxy) is 1. The molecular weight excluding hydrogens is 592 g/mol. The average Bonchev–Trinajstić information content (AvgIpc) is 3.32. The Hall–Kier alpha value is -2.77. The highest BCUT2D eigenvalue weighted by Gasteiger charge is 2.51. The van der Waals surface area contributed by atoms with E-state index >= 15 is 0 Å². The summed E-state index contributed by atoms with van der Waals surface area (Å²) in [7, 11) is 0. The number of likely N-dealkylation sites (tertiary alicyclic amines) is 1. The second-order valence-corrected chi connectivity index (χ2v) is 15.1. The van der Waals surface area contributed by atoms with Crippen molar-refractivity contribution >= 4 is 53.1 Å². The molecule has 1 aromatic carbocycles. The number of nitrogens with one attached hydrogen (secondary N) is 3. The van der Waals surface area contributed by atoms with Crippen LogP contribution in [-0.4, -0.2) is 92.1 Å². The lowest BCUT2D eigenvalue weighted by molar-refractivity contribution is -0.135. The Balaban J connectivity index is 1.64. The maximum absolute atomic E-state index is 13.6. The highest BCUT2D eigenvalue weighted by molar-refractivity contribution is 8.18. The van der Waals surface area contributed by atoms with Gasteiger partial charge in [-0.05, 0) is 57.6 Å². The quantitative estimate of drug-likeness (QED) is 0.287. The van der Waals surface area contributed by atoms with Crippen molar-refractivity contribution in [3.63, 3.8) is 0 Å². The van der Waals surface area contributed by atoms with Crippen LogP contribution in [0.5, 0.6) is 0 Å². The number of ketones is 1. The number of carbonyl (C=O) groups is 5. The fraction of sp³-hybridized carbons (Fsp3) is 0.633. The lowest BCUT2D eigenvalue weighted by Gasteiger charge is -2.32. The van der Waals surface area contributed by atoms with Crippen LogP contribution in [0.25, 0.3) is 0 Å². The van der Waals surface area contributed by atoms with E-state index < -0.39 is 60.2 Å². The molecule has 2 aliphatic rings. The zero-order valence-corrected chi connectivity index (χ0v) is 27.1. The van der Waals surface area contributed by atoms with Crippen LogP contribution in [-0.2, 0) is 23.9 Å². The van der Waals surface area contributed by atoms with Gasteiger partial charge in [-0.3, -0.25) is 24.1 Å². The minimum atomic E-state index is -1.64. The summed E-state index contributed by atoms with van der Waals surface area (Å²) < 4.78 is 5.29. The fourth-order valence-corrected chi connectivity index (χ4v) is 8.39. The van der Waals surface area contributed by atoms with Crippen LogP contribution in [0.4, 0.5) is 4.79 Å². The molecule has 2 aliphatic heterocycles. The number of nitrogens with zero attached hydrogens (tertiary/aromatic N) is 1. The van der Waals surface area contributed by atoms with E-state index in [1.807, 2.05) is 6.92 Å². The molecule has 4 amide bonds. The number of amides is 4. The van der Waals surface area contributed by atoms with Gasteiger partial charge in [-0.15, -0.1) is 23.5 Å². The summed E-state index contributed by atoms with van der Waals surface area (Å²) in [4.78, 5) is 65.8. The molecule has 0 bridgehead atoms. The van der Waals surface area contributed by atoms with Crippen molar-refractivity contribution in [3.05, 3.63) is 35.9 Å². The number of aliphatic hydroxyl groups is 1. The van der Waals surface area contributed by atoms with E-state index in [2.05, 4.69) is 16.0 Å². The first-order chi connectivity index (χ1) is 20.2. The largest absolute Gasteiger partial charge is 0.444 e. The Morgan fingerprint density at radius 1 is 1.09 bits per heavy atom. The highest BCUT2D eigenvalue weighted by Crippen LogP contribution is 2.50. The predicted molar refractivity (Wildman–Crippen MR) is 167 cm³/mol. The molecule has 3 rings (SSSR count). The maximum Gasteiger partial charge on any atom is 0.411 e. The molecule has 2 fully saturated rings. The molecule has 11 nitrogen and oxygen atoms in total. The number of hydrogen-bond donors (Lipinski definition) is 4. The van der Waals surface area contributed by atoms with Crippen LogP contribution in [0.2, 0.25) is 0 Å². The molecule has 2 saturated heterocycles. The summed E-state index contributed by atoms with van der Waals surface area (Å²) in [5.41, 5.74) is -0.128. The van der Waals surface area contributed by atoms with Gasteiger partial charge in [0.15, 0.2) is 11.9 Å². The number of hydrogen-bond acceptors (Lipinski definition) is 9. The van der Waals surface area contributed by atoms with E-state index in [0.29, 0.717) is 31.4 Å². The highest BCUT2D eigenvalue weighted by atomic mass is 32.2. The number of thioether (sulfide) groups is 2. The Kier molecular flexibility index (Phi) is 12.3. The van der Waals surface area contributed by atoms with E-state index in [1.165, 1.54) is 11.8 Å². The second-order valence-electron chi connectivity index (χ2n) is 11.9. The SMILES string of the molecule is CCCC(NC(=O)[C@@H]1CC2(CN1C(=O)OC(C)(C)C)SCCCS2)C(O)C(=O)NCC(=O)N[C@H](C(C)=O)c1ccccc1. The third-order valence-electron chi connectivity index (χ3n) is 7.09. The van der Waals surface area contributed by atoms with E-state index in [0.717, 1.165) is 17.9 Å². The topological polar surface area (TPSA) is 154 Å². The molecule has 13 heteroatoms. The van der Waals surface area contributed by atoms with Crippen LogP contribution in [0.15, 0.2) is 30.3 Å². The maximum atomic E-state index is 13.6. The van der Waals surface area contributed by atoms with Gasteiger partial charge in [0, 0.05) is 13.0 Å². The van der Waals surface area contributed by atoms with Gasteiger partial charge in [0.1, 0.15) is 17.7 Å². The first-order valence-corrected chi connectivity index (χ1v) is 16.6. The fourth-order valence-electron chi connectivity index (χ4n) is 5.04. The van der Waals surface area contributed by atoms with Gasteiger partial charge >= 0.3 is 6.09 Å². The van der Waals surface area contributed by atoms with Crippen molar-refractivity contribution in [3.8, 4) is 0 Å². The Morgan fingerprint density at radius 3 is 2.33 bits per heavy atom. The third-order valence-corrected chi connectivity index (χ3v) is 10.4. The van der Waals surface area contributed by atoms with Gasteiger partial charge in [0.25, 0.3) is 5.91 Å². The minimum Gasteiger partial charge on any atom is -0.444 e.